The number of rotatable bonds is 6. The maximum absolute atomic E-state index is 9.52. The van der Waals surface area contributed by atoms with E-state index in [1.54, 1.807) is 12.1 Å². The molecule has 0 bridgehead atoms. The van der Waals surface area contributed by atoms with Gasteiger partial charge in [0.25, 0.3) is 0 Å². The summed E-state index contributed by atoms with van der Waals surface area (Å²) < 4.78 is 19.9. The number of ether oxygens (including phenoxy) is 4. The van der Waals surface area contributed by atoms with E-state index in [0.717, 1.165) is 0 Å². The van der Waals surface area contributed by atoms with Crippen molar-refractivity contribution >= 4 is 0 Å². The fourth-order valence-electron chi connectivity index (χ4n) is 1.00. The summed E-state index contributed by atoms with van der Waals surface area (Å²) in [5, 5.41) is 9.52. The molecule has 0 radical (unpaired) electrons. The Labute approximate surface area is 88.1 Å². The van der Waals surface area contributed by atoms with Crippen LogP contribution in [0, 0.1) is 0 Å². The Morgan fingerprint density at radius 2 is 1.73 bits per heavy atom. The second-order valence-electron chi connectivity index (χ2n) is 2.71. The predicted octanol–water partition coefficient (Wildman–Crippen LogP) is 1.36. The first-order valence-corrected chi connectivity index (χ1v) is 4.35. The van der Waals surface area contributed by atoms with Crippen LogP contribution in [0.5, 0.6) is 17.2 Å². The van der Waals surface area contributed by atoms with Gasteiger partial charge in [-0.25, -0.2) is 0 Å². The zero-order chi connectivity index (χ0) is 11.1. The summed E-state index contributed by atoms with van der Waals surface area (Å²) >= 11 is 0. The molecular weight excluding hydrogens is 200 g/mol. The molecule has 0 amide bonds. The van der Waals surface area contributed by atoms with Gasteiger partial charge in [0.05, 0.1) is 0 Å². The lowest BCUT2D eigenvalue weighted by molar-refractivity contribution is 0.0308. The fourth-order valence-corrected chi connectivity index (χ4v) is 1.00. The molecule has 5 nitrogen and oxygen atoms in total. The van der Waals surface area contributed by atoms with Crippen molar-refractivity contribution in [2.24, 2.45) is 0 Å². The van der Waals surface area contributed by atoms with Crippen molar-refractivity contribution in [2.75, 3.05) is 27.8 Å². The Kier molecular flexibility index (Phi) is 4.73. The van der Waals surface area contributed by atoms with Gasteiger partial charge in [0.1, 0.15) is 0 Å². The van der Waals surface area contributed by atoms with E-state index in [2.05, 4.69) is 0 Å². The Morgan fingerprint density at radius 1 is 1.07 bits per heavy atom. The number of para-hydroxylation sites is 1. The van der Waals surface area contributed by atoms with E-state index in [1.165, 1.54) is 20.3 Å². The maximum atomic E-state index is 9.52. The molecule has 0 heterocycles. The van der Waals surface area contributed by atoms with Gasteiger partial charge in [-0.2, -0.15) is 0 Å². The van der Waals surface area contributed by atoms with Gasteiger partial charge < -0.3 is 24.1 Å². The third-order valence-electron chi connectivity index (χ3n) is 1.61. The van der Waals surface area contributed by atoms with Crippen LogP contribution in [0.2, 0.25) is 0 Å². The molecule has 0 aromatic heterocycles. The fraction of sp³-hybridized carbons (Fsp3) is 0.400. The monoisotopic (exact) mass is 214 g/mol. The van der Waals surface area contributed by atoms with Gasteiger partial charge in [-0.15, -0.1) is 0 Å². The molecule has 0 atom stereocenters. The smallest absolute Gasteiger partial charge is 0.206 e. The molecule has 0 unspecified atom stereocenters. The molecule has 84 valence electrons. The van der Waals surface area contributed by atoms with Crippen molar-refractivity contribution in [3.8, 4) is 17.2 Å². The molecule has 5 heteroatoms. The Bertz CT molecular complexity index is 300. The van der Waals surface area contributed by atoms with Crippen molar-refractivity contribution in [2.45, 2.75) is 0 Å². The highest BCUT2D eigenvalue weighted by molar-refractivity contribution is 5.50. The lowest BCUT2D eigenvalue weighted by atomic mass is 10.3. The van der Waals surface area contributed by atoms with Crippen LogP contribution in [-0.4, -0.2) is 32.9 Å². The largest absolute Gasteiger partial charge is 0.504 e. The molecular formula is C10H14O5. The Hall–Kier alpha value is -1.46. The quantitative estimate of drug-likeness (QED) is 0.724. The topological polar surface area (TPSA) is 57.2 Å². The number of hydrogen-bond acceptors (Lipinski definition) is 5. The number of methoxy groups -OCH3 is 2. The van der Waals surface area contributed by atoms with E-state index in [4.69, 9.17) is 18.9 Å². The number of hydrogen-bond donors (Lipinski definition) is 1. The van der Waals surface area contributed by atoms with E-state index in [9.17, 15) is 5.11 Å². The van der Waals surface area contributed by atoms with Gasteiger partial charge in [0.15, 0.2) is 25.1 Å². The highest BCUT2D eigenvalue weighted by atomic mass is 16.7. The van der Waals surface area contributed by atoms with Gasteiger partial charge in [0.2, 0.25) is 5.75 Å². The second kappa shape index (κ2) is 6.10. The van der Waals surface area contributed by atoms with Gasteiger partial charge in [-0.3, -0.25) is 0 Å². The molecule has 0 saturated carbocycles. The van der Waals surface area contributed by atoms with Crippen LogP contribution in [-0.2, 0) is 9.47 Å². The summed E-state index contributed by atoms with van der Waals surface area (Å²) in [5.41, 5.74) is 0. The third-order valence-corrected chi connectivity index (χ3v) is 1.61. The van der Waals surface area contributed by atoms with Crippen molar-refractivity contribution in [1.82, 2.24) is 0 Å². The lowest BCUT2D eigenvalue weighted by Crippen LogP contribution is -2.04. The molecule has 0 spiro atoms. The van der Waals surface area contributed by atoms with E-state index in [-0.39, 0.29) is 25.1 Å². The van der Waals surface area contributed by atoms with Gasteiger partial charge in [0, 0.05) is 14.2 Å². The first-order valence-electron chi connectivity index (χ1n) is 4.35. The number of benzene rings is 1. The highest BCUT2D eigenvalue weighted by Crippen LogP contribution is 2.36. The summed E-state index contributed by atoms with van der Waals surface area (Å²) in [4.78, 5) is 0. The predicted molar refractivity (Wildman–Crippen MR) is 53.1 cm³/mol. The maximum Gasteiger partial charge on any atom is 0.206 e. The van der Waals surface area contributed by atoms with Crippen molar-refractivity contribution < 1.29 is 24.1 Å². The molecule has 1 N–H and O–H groups in total. The van der Waals surface area contributed by atoms with Crippen LogP contribution in [0.15, 0.2) is 18.2 Å². The van der Waals surface area contributed by atoms with Crippen LogP contribution in [0.4, 0.5) is 0 Å². The van der Waals surface area contributed by atoms with Crippen molar-refractivity contribution in [3.63, 3.8) is 0 Å². The third kappa shape index (κ3) is 3.30. The van der Waals surface area contributed by atoms with E-state index in [0.29, 0.717) is 5.75 Å². The molecule has 15 heavy (non-hydrogen) atoms. The minimum Gasteiger partial charge on any atom is -0.504 e. The summed E-state index contributed by atoms with van der Waals surface area (Å²) in [5.74, 6) is 0.658. The molecule has 1 aromatic rings. The molecule has 0 fully saturated rings. The summed E-state index contributed by atoms with van der Waals surface area (Å²) in [6.45, 7) is 0.133. The molecule has 0 aliphatic rings. The molecule has 0 aliphatic heterocycles. The molecule has 0 aliphatic carbocycles. The van der Waals surface area contributed by atoms with Crippen molar-refractivity contribution in [1.29, 1.82) is 0 Å². The van der Waals surface area contributed by atoms with E-state index < -0.39 is 0 Å². The average molecular weight is 214 g/mol. The first-order chi connectivity index (χ1) is 7.29. The minimum atomic E-state index is 0.000605. The number of aromatic hydroxyl groups is 1. The van der Waals surface area contributed by atoms with Gasteiger partial charge >= 0.3 is 0 Å². The zero-order valence-corrected chi connectivity index (χ0v) is 8.73. The van der Waals surface area contributed by atoms with Crippen molar-refractivity contribution in [3.05, 3.63) is 18.2 Å². The molecule has 0 saturated heterocycles. The van der Waals surface area contributed by atoms with Crippen LogP contribution in [0.3, 0.4) is 0 Å². The molecule has 1 aromatic carbocycles. The first kappa shape index (κ1) is 11.6. The number of phenolic OH excluding ortho intramolecular Hbond substituents is 1. The minimum absolute atomic E-state index is 0.000605. The van der Waals surface area contributed by atoms with Crippen LogP contribution < -0.4 is 9.47 Å². The Morgan fingerprint density at radius 3 is 2.40 bits per heavy atom. The van der Waals surface area contributed by atoms with E-state index in [1.807, 2.05) is 0 Å². The van der Waals surface area contributed by atoms with E-state index >= 15 is 0 Å². The molecule has 1 rings (SSSR count). The lowest BCUT2D eigenvalue weighted by Gasteiger charge is -2.12. The Balaban J connectivity index is 2.77. The zero-order valence-electron chi connectivity index (χ0n) is 8.73. The van der Waals surface area contributed by atoms with Crippen LogP contribution in [0.25, 0.3) is 0 Å². The summed E-state index contributed by atoms with van der Waals surface area (Å²) in [6, 6.07) is 4.83. The normalized spacial score (nSPS) is 10.0. The SMILES string of the molecule is COCOc1cccc(O)c1OCOC. The average Bonchev–Trinajstić information content (AvgIpc) is 2.25. The van der Waals surface area contributed by atoms with Gasteiger partial charge in [-0.1, -0.05) is 6.07 Å². The van der Waals surface area contributed by atoms with Gasteiger partial charge in [-0.05, 0) is 12.1 Å². The standard InChI is InChI=1S/C10H14O5/c1-12-6-14-9-5-3-4-8(11)10(9)15-7-13-2/h3-5,11H,6-7H2,1-2H3. The number of phenols is 1. The summed E-state index contributed by atoms with van der Waals surface area (Å²) in [7, 11) is 3.01. The van der Waals surface area contributed by atoms with Crippen LogP contribution >= 0.6 is 0 Å². The van der Waals surface area contributed by atoms with Crippen LogP contribution in [0.1, 0.15) is 0 Å². The summed E-state index contributed by atoms with van der Waals surface area (Å²) in [6.07, 6.45) is 0. The second-order valence-corrected chi connectivity index (χ2v) is 2.71. The highest BCUT2D eigenvalue weighted by Gasteiger charge is 2.09.